The summed E-state index contributed by atoms with van der Waals surface area (Å²) in [5, 5.41) is 7.63. The molecule has 1 aromatic heterocycles. The van der Waals surface area contributed by atoms with E-state index in [-0.39, 0.29) is 6.10 Å². The van der Waals surface area contributed by atoms with Crippen molar-refractivity contribution in [2.75, 3.05) is 24.2 Å². The molecule has 0 aliphatic rings. The van der Waals surface area contributed by atoms with Crippen LogP contribution in [0.1, 0.15) is 26.5 Å². The third kappa shape index (κ3) is 2.88. The lowest BCUT2D eigenvalue weighted by Crippen LogP contribution is -2.21. The van der Waals surface area contributed by atoms with Gasteiger partial charge in [-0.15, -0.1) is 0 Å². The van der Waals surface area contributed by atoms with Crippen LogP contribution in [0.2, 0.25) is 0 Å². The summed E-state index contributed by atoms with van der Waals surface area (Å²) < 4.78 is 7.33. The Morgan fingerprint density at radius 3 is 2.75 bits per heavy atom. The number of ether oxygens (including phenoxy) is 1. The van der Waals surface area contributed by atoms with Crippen LogP contribution in [-0.4, -0.2) is 29.0 Å². The molecule has 0 bridgehead atoms. The number of rotatable bonds is 6. The molecule has 1 aromatic rings. The van der Waals surface area contributed by atoms with Crippen LogP contribution < -0.4 is 11.1 Å². The molecule has 0 saturated heterocycles. The Balaban J connectivity index is 2.65. The van der Waals surface area contributed by atoms with Crippen molar-refractivity contribution in [1.82, 2.24) is 9.78 Å². The summed E-state index contributed by atoms with van der Waals surface area (Å²) in [7, 11) is 0. The maximum atomic E-state index is 5.95. The van der Waals surface area contributed by atoms with Crippen molar-refractivity contribution in [3.8, 4) is 0 Å². The number of nitrogens with zero attached hydrogens (tertiary/aromatic N) is 2. The van der Waals surface area contributed by atoms with Gasteiger partial charge >= 0.3 is 0 Å². The quantitative estimate of drug-likeness (QED) is 0.773. The van der Waals surface area contributed by atoms with E-state index >= 15 is 0 Å². The van der Waals surface area contributed by atoms with E-state index in [4.69, 9.17) is 10.5 Å². The molecular weight excluding hydrogens is 204 g/mol. The molecule has 1 atom stereocenters. The summed E-state index contributed by atoms with van der Waals surface area (Å²) in [5.74, 6) is 0.895. The van der Waals surface area contributed by atoms with Crippen LogP contribution in [0.3, 0.4) is 0 Å². The number of nitrogens with one attached hydrogen (secondary N) is 1. The van der Waals surface area contributed by atoms with Crippen LogP contribution in [0.15, 0.2) is 0 Å². The number of hydrogen-bond acceptors (Lipinski definition) is 4. The average molecular weight is 226 g/mol. The van der Waals surface area contributed by atoms with E-state index in [9.17, 15) is 0 Å². The molecule has 0 radical (unpaired) electrons. The molecular formula is C11H22N4O. The zero-order valence-electron chi connectivity index (χ0n) is 10.6. The SMILES string of the molecule is CCOC(C)CNc1c(N)c(C)nn1CC. The number of nitrogen functional groups attached to an aromatic ring is 1. The lowest BCUT2D eigenvalue weighted by Gasteiger charge is -2.14. The van der Waals surface area contributed by atoms with E-state index in [0.717, 1.165) is 36.9 Å². The zero-order chi connectivity index (χ0) is 12.1. The standard InChI is InChI=1S/C11H22N4O/c1-5-15-11(10(12)9(4)14-15)13-7-8(3)16-6-2/h8,13H,5-7,12H2,1-4H3. The molecule has 0 saturated carbocycles. The minimum Gasteiger partial charge on any atom is -0.394 e. The van der Waals surface area contributed by atoms with Gasteiger partial charge in [-0.3, -0.25) is 0 Å². The van der Waals surface area contributed by atoms with Gasteiger partial charge in [0.2, 0.25) is 0 Å². The highest BCUT2D eigenvalue weighted by Crippen LogP contribution is 2.21. The second-order valence-corrected chi connectivity index (χ2v) is 3.81. The smallest absolute Gasteiger partial charge is 0.148 e. The van der Waals surface area contributed by atoms with E-state index in [1.807, 2.05) is 32.4 Å². The fourth-order valence-electron chi connectivity index (χ4n) is 1.59. The maximum Gasteiger partial charge on any atom is 0.148 e. The highest BCUT2D eigenvalue weighted by molar-refractivity contribution is 5.64. The molecule has 3 N–H and O–H groups in total. The number of anilines is 2. The second kappa shape index (κ2) is 5.75. The first-order valence-electron chi connectivity index (χ1n) is 5.78. The van der Waals surface area contributed by atoms with Gasteiger partial charge in [0.05, 0.1) is 17.5 Å². The molecule has 16 heavy (non-hydrogen) atoms. The first kappa shape index (κ1) is 12.8. The van der Waals surface area contributed by atoms with Gasteiger partial charge in [0, 0.05) is 19.7 Å². The predicted molar refractivity (Wildman–Crippen MR) is 66.6 cm³/mol. The van der Waals surface area contributed by atoms with Gasteiger partial charge < -0.3 is 15.8 Å². The summed E-state index contributed by atoms with van der Waals surface area (Å²) in [5.41, 5.74) is 7.55. The van der Waals surface area contributed by atoms with Crippen molar-refractivity contribution >= 4 is 11.5 Å². The van der Waals surface area contributed by atoms with Crippen LogP contribution in [-0.2, 0) is 11.3 Å². The van der Waals surface area contributed by atoms with E-state index in [1.165, 1.54) is 0 Å². The van der Waals surface area contributed by atoms with E-state index in [0.29, 0.717) is 0 Å². The minimum atomic E-state index is 0.171. The van der Waals surface area contributed by atoms with Gasteiger partial charge in [0.1, 0.15) is 5.82 Å². The molecule has 0 aliphatic heterocycles. The summed E-state index contributed by atoms with van der Waals surface area (Å²) in [6.07, 6.45) is 0.171. The van der Waals surface area contributed by atoms with Crippen LogP contribution in [0.4, 0.5) is 11.5 Å². The summed E-state index contributed by atoms with van der Waals surface area (Å²) in [4.78, 5) is 0. The van der Waals surface area contributed by atoms with Crippen molar-refractivity contribution < 1.29 is 4.74 Å². The van der Waals surface area contributed by atoms with Crippen molar-refractivity contribution in [3.05, 3.63) is 5.69 Å². The summed E-state index contributed by atoms with van der Waals surface area (Å²) in [6, 6.07) is 0. The molecule has 0 spiro atoms. The Kier molecular flexibility index (Phi) is 4.61. The van der Waals surface area contributed by atoms with Gasteiger partial charge in [-0.2, -0.15) is 5.10 Å². The number of hydrogen-bond donors (Lipinski definition) is 2. The first-order valence-corrected chi connectivity index (χ1v) is 5.78. The molecule has 0 aromatic carbocycles. The Morgan fingerprint density at radius 2 is 2.19 bits per heavy atom. The molecule has 5 heteroatoms. The van der Waals surface area contributed by atoms with Crippen LogP contribution >= 0.6 is 0 Å². The van der Waals surface area contributed by atoms with Crippen molar-refractivity contribution in [1.29, 1.82) is 0 Å². The maximum absolute atomic E-state index is 5.95. The monoisotopic (exact) mass is 226 g/mol. The van der Waals surface area contributed by atoms with Gasteiger partial charge in [0.25, 0.3) is 0 Å². The van der Waals surface area contributed by atoms with E-state index in [1.54, 1.807) is 0 Å². The molecule has 92 valence electrons. The summed E-state index contributed by atoms with van der Waals surface area (Å²) >= 11 is 0. The third-order valence-electron chi connectivity index (χ3n) is 2.48. The molecule has 0 aliphatic carbocycles. The van der Waals surface area contributed by atoms with Gasteiger partial charge in [-0.05, 0) is 27.7 Å². The van der Waals surface area contributed by atoms with Crippen molar-refractivity contribution in [2.24, 2.45) is 0 Å². The molecule has 5 nitrogen and oxygen atoms in total. The molecule has 0 fully saturated rings. The first-order chi connectivity index (χ1) is 7.60. The lowest BCUT2D eigenvalue weighted by molar-refractivity contribution is 0.0854. The largest absolute Gasteiger partial charge is 0.394 e. The van der Waals surface area contributed by atoms with Gasteiger partial charge in [0.15, 0.2) is 0 Å². The fraction of sp³-hybridized carbons (Fsp3) is 0.727. The average Bonchev–Trinajstić information content (AvgIpc) is 2.53. The Hall–Kier alpha value is -1.23. The fourth-order valence-corrected chi connectivity index (χ4v) is 1.59. The Morgan fingerprint density at radius 1 is 1.50 bits per heavy atom. The molecule has 1 heterocycles. The topological polar surface area (TPSA) is 65.1 Å². The second-order valence-electron chi connectivity index (χ2n) is 3.81. The highest BCUT2D eigenvalue weighted by atomic mass is 16.5. The van der Waals surface area contributed by atoms with Crippen molar-refractivity contribution in [2.45, 2.75) is 40.3 Å². The molecule has 1 unspecified atom stereocenters. The van der Waals surface area contributed by atoms with E-state index < -0.39 is 0 Å². The normalized spacial score (nSPS) is 12.8. The highest BCUT2D eigenvalue weighted by Gasteiger charge is 2.11. The van der Waals surface area contributed by atoms with Crippen LogP contribution in [0.25, 0.3) is 0 Å². The summed E-state index contributed by atoms with van der Waals surface area (Å²) in [6.45, 7) is 10.3. The van der Waals surface area contributed by atoms with E-state index in [2.05, 4.69) is 10.4 Å². The Bertz CT molecular complexity index is 335. The van der Waals surface area contributed by atoms with Gasteiger partial charge in [-0.25, -0.2) is 4.68 Å². The minimum absolute atomic E-state index is 0.171. The third-order valence-corrected chi connectivity index (χ3v) is 2.48. The van der Waals surface area contributed by atoms with Crippen molar-refractivity contribution in [3.63, 3.8) is 0 Å². The number of aromatic nitrogens is 2. The number of nitrogens with two attached hydrogens (primary N) is 1. The molecule has 0 amide bonds. The predicted octanol–water partition coefficient (Wildman–Crippen LogP) is 1.63. The van der Waals surface area contributed by atoms with Gasteiger partial charge in [-0.1, -0.05) is 0 Å². The van der Waals surface area contributed by atoms with Crippen LogP contribution in [0, 0.1) is 6.92 Å². The van der Waals surface area contributed by atoms with Crippen LogP contribution in [0.5, 0.6) is 0 Å². The molecule has 1 rings (SSSR count). The zero-order valence-corrected chi connectivity index (χ0v) is 10.6. The number of aryl methyl sites for hydroxylation is 2. The lowest BCUT2D eigenvalue weighted by atomic mass is 10.3. The Labute approximate surface area is 97.0 Å².